The van der Waals surface area contributed by atoms with Crippen molar-refractivity contribution in [2.75, 3.05) is 18.9 Å². The van der Waals surface area contributed by atoms with Crippen molar-refractivity contribution in [1.29, 1.82) is 0 Å². The van der Waals surface area contributed by atoms with E-state index in [-0.39, 0.29) is 29.4 Å². The molecule has 0 aromatic carbocycles. The third kappa shape index (κ3) is 4.45. The third-order valence-corrected chi connectivity index (χ3v) is 6.23. The molecule has 1 N–H and O–H groups in total. The van der Waals surface area contributed by atoms with Crippen molar-refractivity contribution in [3.05, 3.63) is 0 Å². The third-order valence-electron chi connectivity index (χ3n) is 3.97. The summed E-state index contributed by atoms with van der Waals surface area (Å²) in [5.41, 5.74) is 0. The van der Waals surface area contributed by atoms with Gasteiger partial charge in [0.2, 0.25) is 5.91 Å². The van der Waals surface area contributed by atoms with E-state index in [1.54, 1.807) is 0 Å². The molecular weight excluding hydrogens is 266 g/mol. The van der Waals surface area contributed by atoms with E-state index in [9.17, 15) is 13.2 Å². The van der Waals surface area contributed by atoms with Crippen LogP contribution in [0.15, 0.2) is 0 Å². The summed E-state index contributed by atoms with van der Waals surface area (Å²) in [5.74, 6) is -0.202. The van der Waals surface area contributed by atoms with Crippen LogP contribution in [0, 0.1) is 0 Å². The standard InChI is InChI=1S/C13H23NO4S/c15-13(14-10-11-4-3-8-18-11)7-9-19(16,17)12-5-1-2-6-12/h11-12H,1-10H2,(H,14,15)/t11-/m1/s1. The number of nitrogens with one attached hydrogen (secondary N) is 1. The molecule has 110 valence electrons. The Labute approximate surface area is 115 Å². The minimum atomic E-state index is -3.08. The predicted molar refractivity (Wildman–Crippen MR) is 72.6 cm³/mol. The van der Waals surface area contributed by atoms with Crippen LogP contribution >= 0.6 is 0 Å². The van der Waals surface area contributed by atoms with Gasteiger partial charge in [-0.1, -0.05) is 12.8 Å². The van der Waals surface area contributed by atoms with Gasteiger partial charge in [-0.2, -0.15) is 0 Å². The van der Waals surface area contributed by atoms with E-state index >= 15 is 0 Å². The van der Waals surface area contributed by atoms with Crippen LogP contribution < -0.4 is 5.32 Å². The van der Waals surface area contributed by atoms with Crippen molar-refractivity contribution in [3.63, 3.8) is 0 Å². The number of hydrogen-bond donors (Lipinski definition) is 1. The lowest BCUT2D eigenvalue weighted by Crippen LogP contribution is -2.33. The molecule has 5 nitrogen and oxygen atoms in total. The van der Waals surface area contributed by atoms with Gasteiger partial charge in [-0.15, -0.1) is 0 Å². The number of carbonyl (C=O) groups is 1. The van der Waals surface area contributed by atoms with Crippen molar-refractivity contribution >= 4 is 15.7 Å². The van der Waals surface area contributed by atoms with Crippen LogP contribution in [0.2, 0.25) is 0 Å². The number of rotatable bonds is 6. The molecule has 0 spiro atoms. The summed E-state index contributed by atoms with van der Waals surface area (Å²) in [6.45, 7) is 1.26. The van der Waals surface area contributed by atoms with Crippen LogP contribution in [0.3, 0.4) is 0 Å². The van der Waals surface area contributed by atoms with Gasteiger partial charge in [0.25, 0.3) is 0 Å². The maximum absolute atomic E-state index is 12.0. The Hall–Kier alpha value is -0.620. The van der Waals surface area contributed by atoms with Crippen molar-refractivity contribution in [3.8, 4) is 0 Å². The molecule has 0 radical (unpaired) electrons. The molecule has 2 rings (SSSR count). The van der Waals surface area contributed by atoms with Gasteiger partial charge in [-0.25, -0.2) is 8.42 Å². The quantitative estimate of drug-likeness (QED) is 0.792. The number of amides is 1. The minimum Gasteiger partial charge on any atom is -0.376 e. The van der Waals surface area contributed by atoms with Crippen LogP contribution in [0.4, 0.5) is 0 Å². The molecule has 1 heterocycles. The Morgan fingerprint density at radius 1 is 1.16 bits per heavy atom. The normalized spacial score (nSPS) is 24.7. The predicted octanol–water partition coefficient (Wildman–Crippen LogP) is 1.03. The lowest BCUT2D eigenvalue weighted by Gasteiger charge is -2.12. The second kappa shape index (κ2) is 6.70. The molecule has 1 atom stereocenters. The second-order valence-corrected chi connectivity index (χ2v) is 7.86. The first-order valence-corrected chi connectivity index (χ1v) is 8.89. The van der Waals surface area contributed by atoms with Crippen molar-refractivity contribution in [2.45, 2.75) is 56.3 Å². The van der Waals surface area contributed by atoms with Gasteiger partial charge in [0.1, 0.15) is 0 Å². The Balaban J connectivity index is 1.67. The molecule has 19 heavy (non-hydrogen) atoms. The molecule has 1 amide bonds. The fraction of sp³-hybridized carbons (Fsp3) is 0.923. The van der Waals surface area contributed by atoms with Gasteiger partial charge in [0.05, 0.1) is 17.1 Å². The van der Waals surface area contributed by atoms with Crippen LogP contribution in [-0.2, 0) is 19.4 Å². The molecule has 6 heteroatoms. The number of sulfone groups is 1. The van der Waals surface area contributed by atoms with Gasteiger partial charge in [-0.05, 0) is 25.7 Å². The highest BCUT2D eigenvalue weighted by molar-refractivity contribution is 7.92. The van der Waals surface area contributed by atoms with Crippen LogP contribution in [0.5, 0.6) is 0 Å². The van der Waals surface area contributed by atoms with Crippen LogP contribution in [0.1, 0.15) is 44.9 Å². The van der Waals surface area contributed by atoms with Crippen molar-refractivity contribution in [1.82, 2.24) is 5.32 Å². The lowest BCUT2D eigenvalue weighted by molar-refractivity contribution is -0.121. The fourth-order valence-corrected chi connectivity index (χ4v) is 4.63. The van der Waals surface area contributed by atoms with Crippen molar-refractivity contribution < 1.29 is 17.9 Å². The fourth-order valence-electron chi connectivity index (χ4n) is 2.77. The van der Waals surface area contributed by atoms with E-state index in [2.05, 4.69) is 5.32 Å². The van der Waals surface area contributed by atoms with Crippen molar-refractivity contribution in [2.24, 2.45) is 0 Å². The monoisotopic (exact) mass is 289 g/mol. The van der Waals surface area contributed by atoms with Crippen LogP contribution in [0.25, 0.3) is 0 Å². The first-order chi connectivity index (χ1) is 9.08. The first kappa shape index (κ1) is 14.8. The Morgan fingerprint density at radius 2 is 1.89 bits per heavy atom. The molecule has 0 bridgehead atoms. The van der Waals surface area contributed by atoms with Gasteiger partial charge in [0.15, 0.2) is 9.84 Å². The topological polar surface area (TPSA) is 72.5 Å². The summed E-state index contributed by atoms with van der Waals surface area (Å²) in [6.07, 6.45) is 5.71. The smallest absolute Gasteiger partial charge is 0.221 e. The summed E-state index contributed by atoms with van der Waals surface area (Å²) in [6, 6.07) is 0. The van der Waals surface area contributed by atoms with Gasteiger partial charge < -0.3 is 10.1 Å². The molecule has 1 saturated carbocycles. The largest absolute Gasteiger partial charge is 0.376 e. The average Bonchev–Trinajstić information content (AvgIpc) is 3.06. The highest BCUT2D eigenvalue weighted by atomic mass is 32.2. The number of hydrogen-bond acceptors (Lipinski definition) is 4. The zero-order valence-corrected chi connectivity index (χ0v) is 12.1. The number of ether oxygens (including phenoxy) is 1. The van der Waals surface area contributed by atoms with E-state index in [0.29, 0.717) is 6.54 Å². The van der Waals surface area contributed by atoms with Gasteiger partial charge in [-0.3, -0.25) is 4.79 Å². The average molecular weight is 289 g/mol. The summed E-state index contributed by atoms with van der Waals surface area (Å²) in [7, 11) is -3.08. The summed E-state index contributed by atoms with van der Waals surface area (Å²) < 4.78 is 29.4. The van der Waals surface area contributed by atoms with E-state index in [1.165, 1.54) is 0 Å². The molecule has 1 aliphatic heterocycles. The summed E-state index contributed by atoms with van der Waals surface area (Å²) in [5, 5.41) is 2.55. The van der Waals surface area contributed by atoms with E-state index in [1.807, 2.05) is 0 Å². The molecule has 0 aromatic heterocycles. The Kier molecular flexibility index (Phi) is 5.21. The molecule has 1 saturated heterocycles. The maximum Gasteiger partial charge on any atom is 0.221 e. The highest BCUT2D eigenvalue weighted by Gasteiger charge is 2.28. The molecule has 0 unspecified atom stereocenters. The summed E-state index contributed by atoms with van der Waals surface area (Å²) >= 11 is 0. The Morgan fingerprint density at radius 3 is 2.53 bits per heavy atom. The molecule has 1 aliphatic carbocycles. The molecule has 2 fully saturated rings. The second-order valence-electron chi connectivity index (χ2n) is 5.46. The van der Waals surface area contributed by atoms with E-state index in [0.717, 1.165) is 45.1 Å². The first-order valence-electron chi connectivity index (χ1n) is 7.18. The van der Waals surface area contributed by atoms with Gasteiger partial charge >= 0.3 is 0 Å². The molecular formula is C13H23NO4S. The minimum absolute atomic E-state index is 0.0188. The van der Waals surface area contributed by atoms with E-state index in [4.69, 9.17) is 4.74 Å². The molecule has 0 aromatic rings. The van der Waals surface area contributed by atoms with Gasteiger partial charge in [0, 0.05) is 19.6 Å². The highest BCUT2D eigenvalue weighted by Crippen LogP contribution is 2.25. The lowest BCUT2D eigenvalue weighted by atomic mass is 10.2. The Bertz CT molecular complexity index is 395. The number of carbonyl (C=O) groups excluding carboxylic acids is 1. The zero-order chi connectivity index (χ0) is 13.7. The van der Waals surface area contributed by atoms with Crippen LogP contribution in [-0.4, -0.2) is 44.6 Å². The zero-order valence-electron chi connectivity index (χ0n) is 11.3. The maximum atomic E-state index is 12.0. The SMILES string of the molecule is O=C(CCS(=O)(=O)C1CCCC1)NC[C@H]1CCCO1. The van der Waals surface area contributed by atoms with E-state index < -0.39 is 9.84 Å². The molecule has 2 aliphatic rings. The summed E-state index contributed by atoms with van der Waals surface area (Å²) in [4.78, 5) is 11.6.